The lowest BCUT2D eigenvalue weighted by molar-refractivity contribution is 0.0951. The molecule has 0 fully saturated rings. The molecule has 94 valence electrons. The van der Waals surface area contributed by atoms with Gasteiger partial charge >= 0.3 is 10.4 Å². The second kappa shape index (κ2) is 7.56. The molecule has 0 bridgehead atoms. The minimum Gasteiger partial charge on any atom is -0.291 e. The smallest absolute Gasteiger partial charge is 0.291 e. The van der Waals surface area contributed by atoms with Gasteiger partial charge in [-0.1, -0.05) is 19.1 Å². The molecule has 0 radical (unpaired) electrons. The topological polar surface area (TPSA) is 75.6 Å². The van der Waals surface area contributed by atoms with Crippen molar-refractivity contribution < 1.29 is 17.2 Å². The summed E-state index contributed by atoms with van der Waals surface area (Å²) in [6.07, 6.45) is 3.71. The van der Waals surface area contributed by atoms with Crippen molar-refractivity contribution >= 4 is 10.4 Å². The van der Waals surface area contributed by atoms with Crippen molar-refractivity contribution in [1.82, 2.24) is 5.32 Å². The molecule has 0 spiro atoms. The Kier molecular flexibility index (Phi) is 7.24. The van der Waals surface area contributed by atoms with E-state index in [1.54, 1.807) is 12.2 Å². The molecule has 6 heteroatoms. The lowest BCUT2D eigenvalue weighted by atomic mass is 9.99. The fourth-order valence-corrected chi connectivity index (χ4v) is 1.87. The fraction of sp³-hybridized carbons (Fsp3) is 0.600. The molecule has 2 N–H and O–H groups in total. The summed E-state index contributed by atoms with van der Waals surface area (Å²) in [6.45, 7) is 9.54. The summed E-state index contributed by atoms with van der Waals surface area (Å²) in [6, 6.07) is 0. The van der Waals surface area contributed by atoms with Crippen LogP contribution < -0.4 is 5.32 Å². The normalized spacial score (nSPS) is 13.7. The zero-order chi connectivity index (χ0) is 12.6. The van der Waals surface area contributed by atoms with E-state index in [1.807, 2.05) is 6.92 Å². The average Bonchev–Trinajstić information content (AvgIpc) is 2.15. The van der Waals surface area contributed by atoms with Crippen molar-refractivity contribution in [2.45, 2.75) is 26.0 Å². The SMILES string of the molecule is C=CCC(CC=C)C(NCC)OS(=O)(=O)O. The van der Waals surface area contributed by atoms with Crippen molar-refractivity contribution in [3.63, 3.8) is 0 Å². The standard InChI is InChI=1S/C10H19NO4S/c1-4-7-9(8-5-2)10(11-6-3)15-16(12,13)14/h4-5,9-11H,1-2,6-8H2,3H3,(H,12,13,14). The first-order chi connectivity index (χ1) is 7.44. The molecular weight excluding hydrogens is 230 g/mol. The van der Waals surface area contributed by atoms with E-state index >= 15 is 0 Å². The van der Waals surface area contributed by atoms with Crippen LogP contribution in [0.5, 0.6) is 0 Å². The first kappa shape index (κ1) is 15.3. The van der Waals surface area contributed by atoms with Crippen molar-refractivity contribution in [3.8, 4) is 0 Å². The fourth-order valence-electron chi connectivity index (χ4n) is 1.38. The number of hydrogen-bond acceptors (Lipinski definition) is 4. The predicted molar refractivity (Wildman–Crippen MR) is 63.2 cm³/mol. The molecule has 0 aromatic carbocycles. The largest absolute Gasteiger partial charge is 0.398 e. The first-order valence-electron chi connectivity index (χ1n) is 5.05. The van der Waals surface area contributed by atoms with Crippen LogP contribution in [0.3, 0.4) is 0 Å². The van der Waals surface area contributed by atoms with E-state index in [0.29, 0.717) is 19.4 Å². The summed E-state index contributed by atoms with van der Waals surface area (Å²) >= 11 is 0. The molecule has 1 atom stereocenters. The van der Waals surface area contributed by atoms with Gasteiger partial charge in [0.2, 0.25) is 0 Å². The van der Waals surface area contributed by atoms with E-state index < -0.39 is 16.6 Å². The van der Waals surface area contributed by atoms with Gasteiger partial charge in [-0.15, -0.1) is 13.2 Å². The molecule has 0 amide bonds. The molecule has 0 aliphatic heterocycles. The van der Waals surface area contributed by atoms with Crippen LogP contribution in [0, 0.1) is 5.92 Å². The highest BCUT2D eigenvalue weighted by atomic mass is 32.3. The maximum Gasteiger partial charge on any atom is 0.398 e. The van der Waals surface area contributed by atoms with Crippen molar-refractivity contribution in [2.75, 3.05) is 6.54 Å². The highest BCUT2D eigenvalue weighted by Gasteiger charge is 2.24. The summed E-state index contributed by atoms with van der Waals surface area (Å²) in [5, 5.41) is 2.85. The maximum absolute atomic E-state index is 10.7. The molecule has 5 nitrogen and oxygen atoms in total. The van der Waals surface area contributed by atoms with Gasteiger partial charge in [0.05, 0.1) is 0 Å². The molecule has 0 aromatic heterocycles. The molecule has 0 aliphatic rings. The number of nitrogens with one attached hydrogen (secondary N) is 1. The van der Waals surface area contributed by atoms with Crippen LogP contribution in [-0.2, 0) is 14.6 Å². The van der Waals surface area contributed by atoms with Crippen LogP contribution in [0.15, 0.2) is 25.3 Å². The Hall–Kier alpha value is -0.690. The lowest BCUT2D eigenvalue weighted by Crippen LogP contribution is -2.39. The summed E-state index contributed by atoms with van der Waals surface area (Å²) in [4.78, 5) is 0. The zero-order valence-electron chi connectivity index (χ0n) is 9.43. The van der Waals surface area contributed by atoms with Crippen molar-refractivity contribution in [3.05, 3.63) is 25.3 Å². The molecule has 1 unspecified atom stereocenters. The lowest BCUT2D eigenvalue weighted by Gasteiger charge is -2.24. The highest BCUT2D eigenvalue weighted by molar-refractivity contribution is 7.80. The summed E-state index contributed by atoms with van der Waals surface area (Å²) in [5.74, 6) is -0.128. The molecule has 0 saturated carbocycles. The van der Waals surface area contributed by atoms with Gasteiger partial charge in [-0.3, -0.25) is 9.87 Å². The van der Waals surface area contributed by atoms with Crippen molar-refractivity contribution in [2.24, 2.45) is 5.92 Å². The molecule has 0 rings (SSSR count). The van der Waals surface area contributed by atoms with E-state index in [2.05, 4.69) is 22.7 Å². The van der Waals surface area contributed by atoms with Crippen LogP contribution in [-0.4, -0.2) is 25.7 Å². The minimum atomic E-state index is -4.46. The zero-order valence-corrected chi connectivity index (χ0v) is 10.2. The molecule has 0 saturated heterocycles. The quantitative estimate of drug-likeness (QED) is 0.368. The van der Waals surface area contributed by atoms with Crippen molar-refractivity contribution in [1.29, 1.82) is 0 Å². The van der Waals surface area contributed by atoms with E-state index in [-0.39, 0.29) is 5.92 Å². The van der Waals surface area contributed by atoms with Gasteiger partial charge in [0, 0.05) is 5.92 Å². The number of rotatable bonds is 9. The van der Waals surface area contributed by atoms with Crippen LogP contribution in [0.25, 0.3) is 0 Å². The monoisotopic (exact) mass is 249 g/mol. The minimum absolute atomic E-state index is 0.128. The van der Waals surface area contributed by atoms with Gasteiger partial charge in [-0.2, -0.15) is 8.42 Å². The number of allylic oxidation sites excluding steroid dienone is 2. The summed E-state index contributed by atoms with van der Waals surface area (Å²) < 4.78 is 34.6. The third kappa shape index (κ3) is 6.73. The van der Waals surface area contributed by atoms with Crippen LogP contribution >= 0.6 is 0 Å². The number of hydrogen-bond donors (Lipinski definition) is 2. The Morgan fingerprint density at radius 1 is 1.38 bits per heavy atom. The predicted octanol–water partition coefficient (Wildman–Crippen LogP) is 1.51. The van der Waals surface area contributed by atoms with E-state index in [4.69, 9.17) is 4.55 Å². The third-order valence-corrected chi connectivity index (χ3v) is 2.45. The maximum atomic E-state index is 10.7. The summed E-state index contributed by atoms with van der Waals surface area (Å²) in [7, 11) is -4.46. The van der Waals surface area contributed by atoms with Crippen LogP contribution in [0.4, 0.5) is 0 Å². The second-order valence-electron chi connectivity index (χ2n) is 3.31. The molecule has 16 heavy (non-hydrogen) atoms. The Balaban J connectivity index is 4.67. The van der Waals surface area contributed by atoms with Gasteiger partial charge < -0.3 is 0 Å². The molecule has 0 aliphatic carbocycles. The van der Waals surface area contributed by atoms with E-state index in [9.17, 15) is 8.42 Å². The molecule has 0 aromatic rings. The second-order valence-corrected chi connectivity index (χ2v) is 4.36. The summed E-state index contributed by atoms with van der Waals surface area (Å²) in [5.41, 5.74) is 0. The van der Waals surface area contributed by atoms with Gasteiger partial charge in [0.1, 0.15) is 6.23 Å². The first-order valence-corrected chi connectivity index (χ1v) is 6.42. The Labute approximate surface area is 97.1 Å². The van der Waals surface area contributed by atoms with Gasteiger partial charge in [-0.25, -0.2) is 4.18 Å². The Morgan fingerprint density at radius 3 is 2.19 bits per heavy atom. The average molecular weight is 249 g/mol. The Bertz CT molecular complexity index is 303. The third-order valence-electron chi connectivity index (χ3n) is 2.00. The van der Waals surface area contributed by atoms with Gasteiger partial charge in [0.25, 0.3) is 0 Å². The Morgan fingerprint density at radius 2 is 1.88 bits per heavy atom. The van der Waals surface area contributed by atoms with Crippen LogP contribution in [0.1, 0.15) is 19.8 Å². The van der Waals surface area contributed by atoms with E-state index in [0.717, 1.165) is 0 Å². The van der Waals surface area contributed by atoms with E-state index in [1.165, 1.54) is 0 Å². The molecule has 0 heterocycles. The van der Waals surface area contributed by atoms with Crippen LogP contribution in [0.2, 0.25) is 0 Å². The molecular formula is C10H19NO4S. The van der Waals surface area contributed by atoms with Gasteiger partial charge in [0.15, 0.2) is 0 Å². The van der Waals surface area contributed by atoms with Gasteiger partial charge in [-0.05, 0) is 19.4 Å². The highest BCUT2D eigenvalue weighted by Crippen LogP contribution is 2.17.